The Labute approximate surface area is 195 Å². The zero-order chi connectivity index (χ0) is 22.0. The maximum absolute atomic E-state index is 11.8. The molecule has 0 heterocycles. The average molecular weight is 457 g/mol. The highest BCUT2D eigenvalue weighted by Crippen LogP contribution is 2.23. The molecular formula is C25H43ClNO2S-. The summed E-state index contributed by atoms with van der Waals surface area (Å²) in [7, 11) is 0. The summed E-state index contributed by atoms with van der Waals surface area (Å²) in [4.78, 5) is 2.76. The third-order valence-corrected chi connectivity index (χ3v) is 6.55. The zero-order valence-corrected chi connectivity index (χ0v) is 20.6. The van der Waals surface area contributed by atoms with Crippen molar-refractivity contribution in [3.05, 3.63) is 29.8 Å². The van der Waals surface area contributed by atoms with Gasteiger partial charge in [0.25, 0.3) is 0 Å². The van der Waals surface area contributed by atoms with Gasteiger partial charge in [-0.2, -0.15) is 0 Å². The van der Waals surface area contributed by atoms with Crippen LogP contribution in [0.4, 0.5) is 0 Å². The summed E-state index contributed by atoms with van der Waals surface area (Å²) < 4.78 is 0. The fraction of sp³-hybridized carbons (Fsp3) is 0.760. The second-order valence-corrected chi connectivity index (χ2v) is 9.20. The van der Waals surface area contributed by atoms with Gasteiger partial charge in [-0.05, 0) is 30.7 Å². The quantitative estimate of drug-likeness (QED) is 0.111. The molecule has 0 aliphatic heterocycles. The number of unbranched alkanes of at least 4 members (excludes halogenated alkanes) is 12. The molecule has 0 fully saturated rings. The minimum Gasteiger partial charge on any atom is -0.853 e. The van der Waals surface area contributed by atoms with Gasteiger partial charge in [0.05, 0.1) is 12.1 Å². The zero-order valence-electron chi connectivity index (χ0n) is 18.9. The van der Waals surface area contributed by atoms with Crippen LogP contribution in [0.1, 0.15) is 102 Å². The molecule has 1 rings (SSSR count). The van der Waals surface area contributed by atoms with Crippen molar-refractivity contribution in [2.45, 2.75) is 107 Å². The predicted octanol–water partition coefficient (Wildman–Crippen LogP) is 6.33. The molecule has 0 aliphatic carbocycles. The van der Waals surface area contributed by atoms with Crippen LogP contribution in [-0.2, 0) is 0 Å². The maximum Gasteiger partial charge on any atom is 0.0932 e. The van der Waals surface area contributed by atoms with E-state index in [0.717, 1.165) is 29.8 Å². The average Bonchev–Trinajstić information content (AvgIpc) is 2.76. The number of aliphatic hydroxyl groups is 1. The Bertz CT molecular complexity index is 514. The highest BCUT2D eigenvalue weighted by Gasteiger charge is 2.23. The molecule has 2 atom stereocenters. The molecule has 1 aromatic carbocycles. The van der Waals surface area contributed by atoms with E-state index in [2.05, 4.69) is 19.6 Å². The van der Waals surface area contributed by atoms with Gasteiger partial charge >= 0.3 is 0 Å². The van der Waals surface area contributed by atoms with Crippen LogP contribution < -0.4 is 5.11 Å². The van der Waals surface area contributed by atoms with Gasteiger partial charge in [0, 0.05) is 10.9 Å². The summed E-state index contributed by atoms with van der Waals surface area (Å²) in [6.07, 6.45) is 16.3. The van der Waals surface area contributed by atoms with Gasteiger partial charge in [-0.15, -0.1) is 30.8 Å². The lowest BCUT2D eigenvalue weighted by molar-refractivity contribution is -0.382. The molecule has 5 heteroatoms. The highest BCUT2D eigenvalue weighted by molar-refractivity contribution is 7.80. The Hall–Kier alpha value is -0.260. The molecule has 0 spiro atoms. The summed E-state index contributed by atoms with van der Waals surface area (Å²) >= 11 is 10.4. The van der Waals surface area contributed by atoms with E-state index in [1.807, 2.05) is 29.2 Å². The van der Waals surface area contributed by atoms with Crippen LogP contribution in [0.2, 0.25) is 0 Å². The van der Waals surface area contributed by atoms with E-state index in [9.17, 15) is 10.2 Å². The third-order valence-electron chi connectivity index (χ3n) is 5.94. The van der Waals surface area contributed by atoms with E-state index in [1.54, 1.807) is 0 Å². The molecule has 0 aliphatic rings. The fourth-order valence-electron chi connectivity index (χ4n) is 3.94. The molecule has 0 saturated heterocycles. The van der Waals surface area contributed by atoms with Crippen molar-refractivity contribution in [1.82, 2.24) is 4.90 Å². The Balaban J connectivity index is 2.15. The smallest absolute Gasteiger partial charge is 0.0932 e. The molecule has 0 saturated carbocycles. The lowest BCUT2D eigenvalue weighted by Crippen LogP contribution is -2.45. The number of benzene rings is 1. The van der Waals surface area contributed by atoms with Crippen LogP contribution in [0.5, 0.6) is 0 Å². The summed E-state index contributed by atoms with van der Waals surface area (Å²) in [5.41, 5.74) is 0.745. The summed E-state index contributed by atoms with van der Waals surface area (Å²) in [5, 5.41) is 22.4. The number of hydrogen-bond donors (Lipinski definition) is 2. The molecule has 3 nitrogen and oxygen atoms in total. The van der Waals surface area contributed by atoms with Gasteiger partial charge in [-0.1, -0.05) is 96.1 Å². The number of thiol groups is 1. The Morgan fingerprint density at radius 2 is 1.33 bits per heavy atom. The predicted molar refractivity (Wildman–Crippen MR) is 130 cm³/mol. The van der Waals surface area contributed by atoms with E-state index >= 15 is 0 Å². The van der Waals surface area contributed by atoms with Crippen LogP contribution in [0, 0.1) is 0 Å². The first-order valence-corrected chi connectivity index (χ1v) is 13.0. The summed E-state index contributed by atoms with van der Waals surface area (Å²) in [5.74, 6) is 0. The number of halogens is 1. The van der Waals surface area contributed by atoms with Crippen molar-refractivity contribution < 1.29 is 10.2 Å². The van der Waals surface area contributed by atoms with E-state index in [4.69, 9.17) is 11.6 Å². The Morgan fingerprint density at radius 1 is 0.867 bits per heavy atom. The molecule has 0 amide bonds. The van der Waals surface area contributed by atoms with Gasteiger partial charge < -0.3 is 10.2 Å². The summed E-state index contributed by atoms with van der Waals surface area (Å²) in [6, 6.07) is 7.10. The third kappa shape index (κ3) is 12.0. The lowest BCUT2D eigenvalue weighted by Gasteiger charge is -2.36. The van der Waals surface area contributed by atoms with Crippen molar-refractivity contribution in [2.24, 2.45) is 0 Å². The Morgan fingerprint density at radius 3 is 1.77 bits per heavy atom. The number of nitrogens with zero attached hydrogens (tertiary/aromatic N) is 1. The molecule has 1 N–H and O–H groups in total. The number of rotatable bonds is 19. The largest absolute Gasteiger partial charge is 0.853 e. The Kier molecular flexibility index (Phi) is 17.0. The first-order chi connectivity index (χ1) is 14.6. The normalized spacial score (nSPS) is 13.7. The number of aliphatic hydroxyl groups excluding tert-OH is 1. The van der Waals surface area contributed by atoms with E-state index in [0.29, 0.717) is 0 Å². The van der Waals surface area contributed by atoms with Gasteiger partial charge in [0.15, 0.2) is 0 Å². The summed E-state index contributed by atoms with van der Waals surface area (Å²) in [6.45, 7) is 2.66. The van der Waals surface area contributed by atoms with Gasteiger partial charge in [0.2, 0.25) is 0 Å². The molecular weight excluding hydrogens is 414 g/mol. The molecule has 0 radical (unpaired) electrons. The molecule has 30 heavy (non-hydrogen) atoms. The van der Waals surface area contributed by atoms with E-state index < -0.39 is 12.1 Å². The first-order valence-electron chi connectivity index (χ1n) is 12.0. The monoisotopic (exact) mass is 456 g/mol. The molecule has 174 valence electrons. The maximum atomic E-state index is 11.8. The van der Waals surface area contributed by atoms with Crippen molar-refractivity contribution in [3.8, 4) is 0 Å². The molecule has 0 bridgehead atoms. The minimum absolute atomic E-state index is 0.271. The molecule has 1 aromatic rings. The fourth-order valence-corrected chi connectivity index (χ4v) is 4.38. The van der Waals surface area contributed by atoms with Crippen LogP contribution in [0.25, 0.3) is 0 Å². The van der Waals surface area contributed by atoms with Crippen LogP contribution in [0.3, 0.4) is 0 Å². The van der Waals surface area contributed by atoms with Crippen molar-refractivity contribution in [2.75, 3.05) is 19.2 Å². The van der Waals surface area contributed by atoms with Gasteiger partial charge in [-0.25, -0.2) is 0 Å². The second kappa shape index (κ2) is 18.3. The first kappa shape index (κ1) is 27.8. The highest BCUT2D eigenvalue weighted by atomic mass is 35.5. The van der Waals surface area contributed by atoms with E-state index in [1.165, 1.54) is 70.6 Å². The number of alkyl halides is 1. The van der Waals surface area contributed by atoms with Gasteiger partial charge in [-0.3, -0.25) is 4.90 Å². The van der Waals surface area contributed by atoms with E-state index in [-0.39, 0.29) is 12.6 Å². The minimum atomic E-state index is -0.822. The van der Waals surface area contributed by atoms with Crippen molar-refractivity contribution in [1.29, 1.82) is 0 Å². The van der Waals surface area contributed by atoms with Crippen LogP contribution >= 0.6 is 24.2 Å². The molecule has 0 aromatic heterocycles. The second-order valence-electron chi connectivity index (χ2n) is 8.44. The van der Waals surface area contributed by atoms with Crippen molar-refractivity contribution >= 4 is 24.2 Å². The van der Waals surface area contributed by atoms with Crippen LogP contribution in [-0.4, -0.2) is 35.2 Å². The van der Waals surface area contributed by atoms with Crippen molar-refractivity contribution in [3.63, 3.8) is 0 Å². The van der Waals surface area contributed by atoms with Gasteiger partial charge in [0.1, 0.15) is 0 Å². The SMILES string of the molecule is CCCCCCCCCCCCCCCN(CCl)C(C[O-])C(O)c1ccc(S)cc1. The number of hydrogen-bond acceptors (Lipinski definition) is 4. The standard InChI is InChI=1S/C25H43ClNO2S/c1-2-3-4-5-6-7-8-9-10-11-12-13-14-19-27(21-26)24(20-28)25(29)22-15-17-23(30)18-16-22/h15-18,24-25,29-30H,2-14,19-21H2,1H3/q-1. The topological polar surface area (TPSA) is 46.5 Å². The lowest BCUT2D eigenvalue weighted by atomic mass is 10.0. The van der Waals surface area contributed by atoms with Crippen LogP contribution in [0.15, 0.2) is 29.2 Å². The molecule has 2 unspecified atom stereocenters.